The molecule has 0 aromatic carbocycles. The van der Waals surface area contributed by atoms with Gasteiger partial charge < -0.3 is 0 Å². The molecule has 0 aromatic rings. The summed E-state index contributed by atoms with van der Waals surface area (Å²) in [6.45, 7) is 0. The molecule has 0 radical (unpaired) electrons. The predicted octanol–water partition coefficient (Wildman–Crippen LogP) is 0.591. The van der Waals surface area contributed by atoms with Gasteiger partial charge in [-0.25, -0.2) is 0 Å². The third-order valence-electron chi connectivity index (χ3n) is 0. The van der Waals surface area contributed by atoms with Crippen LogP contribution in [0.25, 0.3) is 0 Å². The minimum Gasteiger partial charge on any atom is -0.108 e. The molecule has 4 heavy (non-hydrogen) atoms. The van der Waals surface area contributed by atoms with Crippen molar-refractivity contribution in [2.24, 2.45) is 0 Å². The van der Waals surface area contributed by atoms with Crippen molar-refractivity contribution in [1.82, 2.24) is 0 Å². The molecule has 0 saturated heterocycles. The molecule has 0 heterocycles. The zero-order valence-corrected chi connectivity index (χ0v) is 5.16. The second-order valence-corrected chi connectivity index (χ2v) is 0.567. The van der Waals surface area contributed by atoms with Crippen LogP contribution in [0, 0.1) is 11.3 Å². The fraction of sp³-hybridized carbons (Fsp3) is 0. The summed E-state index contributed by atoms with van der Waals surface area (Å²) in [4.78, 5) is 2.06. The van der Waals surface area contributed by atoms with Gasteiger partial charge in [0.2, 0.25) is 0 Å². The van der Waals surface area contributed by atoms with E-state index in [1.807, 2.05) is 0 Å². The van der Waals surface area contributed by atoms with E-state index in [-0.39, 0.29) is 23.1 Å². The van der Waals surface area contributed by atoms with Crippen LogP contribution in [0.2, 0.25) is 0 Å². The zero-order chi connectivity index (χ0) is 2.71. The van der Waals surface area contributed by atoms with Crippen LogP contribution in [0.4, 0.5) is 0 Å². The van der Waals surface area contributed by atoms with E-state index in [1.54, 1.807) is 0 Å². The first-order valence-corrected chi connectivity index (χ1v) is 1.27. The van der Waals surface area contributed by atoms with Crippen molar-refractivity contribution in [2.75, 3.05) is 0 Å². The normalized spacial score (nSPS) is 2.00. The van der Waals surface area contributed by atoms with Crippen molar-refractivity contribution >= 4 is 39.0 Å². The van der Waals surface area contributed by atoms with Crippen molar-refractivity contribution in [3.8, 4) is 11.3 Å². The predicted molar refractivity (Wildman–Crippen MR) is 23.5 cm³/mol. The van der Waals surface area contributed by atoms with Crippen LogP contribution in [0.5, 0.6) is 0 Å². The van der Waals surface area contributed by atoms with Gasteiger partial charge in [-0.1, -0.05) is 0 Å². The Morgan fingerprint density at radius 2 is 1.75 bits per heavy atom. The van der Waals surface area contributed by atoms with Gasteiger partial charge in [-0.2, -0.15) is 0 Å². The van der Waals surface area contributed by atoms with Gasteiger partial charge in [-0.05, 0) is 4.83 Å². The van der Waals surface area contributed by atoms with Gasteiger partial charge in [0.25, 0.3) is 0 Å². The Morgan fingerprint density at radius 1 is 1.75 bits per heavy atom. The van der Waals surface area contributed by atoms with Crippen molar-refractivity contribution in [3.63, 3.8) is 0 Å². The van der Waals surface area contributed by atoms with Crippen molar-refractivity contribution in [2.45, 2.75) is 0 Å². The largest absolute Gasteiger partial charge is 2.00 e. The third kappa shape index (κ3) is 14.1. The molecule has 0 fully saturated rings. The molecule has 0 spiro atoms. The third-order valence-corrected chi connectivity index (χ3v) is 0. The van der Waals surface area contributed by atoms with Crippen LogP contribution < -0.4 is 0 Å². The molecular formula is C2HBrMg+2. The topological polar surface area (TPSA) is 0 Å². The Hall–Kier alpha value is 0.806. The summed E-state index contributed by atoms with van der Waals surface area (Å²) in [6.07, 6.45) is 4.51. The van der Waals surface area contributed by atoms with Crippen molar-refractivity contribution in [1.29, 1.82) is 0 Å². The summed E-state index contributed by atoms with van der Waals surface area (Å²) < 4.78 is 0. The quantitative estimate of drug-likeness (QED) is 0.332. The first-order valence-electron chi connectivity index (χ1n) is 0.478. The summed E-state index contributed by atoms with van der Waals surface area (Å²) in [5.74, 6) is 0. The fourth-order valence-corrected chi connectivity index (χ4v) is 0. The minimum atomic E-state index is 0. The summed E-state index contributed by atoms with van der Waals surface area (Å²) in [5, 5.41) is 0. The Kier molecular flexibility index (Phi) is 20.3. The number of rotatable bonds is 0. The molecule has 0 rings (SSSR count). The van der Waals surface area contributed by atoms with Crippen LogP contribution in [0.15, 0.2) is 0 Å². The molecule has 0 N–H and O–H groups in total. The van der Waals surface area contributed by atoms with E-state index in [2.05, 4.69) is 27.2 Å². The van der Waals surface area contributed by atoms with Gasteiger partial charge in [0, 0.05) is 15.9 Å². The van der Waals surface area contributed by atoms with E-state index in [0.29, 0.717) is 0 Å². The Balaban J connectivity index is 0. The molecular weight excluding hydrogens is 128 g/mol. The SMILES string of the molecule is C#CBr.[Mg+2]. The molecule has 0 aliphatic heterocycles. The Morgan fingerprint density at radius 3 is 1.75 bits per heavy atom. The van der Waals surface area contributed by atoms with Gasteiger partial charge in [0.15, 0.2) is 0 Å². The second-order valence-electron chi connectivity index (χ2n) is 0.109. The number of halogens is 1. The van der Waals surface area contributed by atoms with E-state index in [4.69, 9.17) is 0 Å². The van der Waals surface area contributed by atoms with E-state index >= 15 is 0 Å². The first kappa shape index (κ1) is 8.84. The summed E-state index contributed by atoms with van der Waals surface area (Å²) >= 11 is 2.67. The Bertz CT molecular complexity index is 27.5. The standard InChI is InChI=1S/C2HBr.Mg/c1-2-3;/h1H;/q;+2. The smallest absolute Gasteiger partial charge is 0.108 e. The zero-order valence-electron chi connectivity index (χ0n) is 2.16. The molecule has 0 nitrogen and oxygen atoms in total. The van der Waals surface area contributed by atoms with Crippen LogP contribution in [0.1, 0.15) is 0 Å². The number of terminal acetylenes is 1. The average molecular weight is 129 g/mol. The maximum Gasteiger partial charge on any atom is 2.00 e. The van der Waals surface area contributed by atoms with Crippen molar-refractivity contribution < 1.29 is 0 Å². The van der Waals surface area contributed by atoms with Crippen LogP contribution >= 0.6 is 15.9 Å². The van der Waals surface area contributed by atoms with Crippen LogP contribution in [0.3, 0.4) is 0 Å². The minimum absolute atomic E-state index is 0. The van der Waals surface area contributed by atoms with E-state index in [1.165, 1.54) is 0 Å². The van der Waals surface area contributed by atoms with Crippen molar-refractivity contribution in [3.05, 3.63) is 0 Å². The maximum atomic E-state index is 4.51. The van der Waals surface area contributed by atoms with Gasteiger partial charge >= 0.3 is 23.1 Å². The van der Waals surface area contributed by atoms with Crippen LogP contribution in [-0.4, -0.2) is 23.1 Å². The molecule has 0 saturated carbocycles. The van der Waals surface area contributed by atoms with E-state index in [9.17, 15) is 0 Å². The van der Waals surface area contributed by atoms with Gasteiger partial charge in [-0.15, -0.1) is 6.42 Å². The summed E-state index contributed by atoms with van der Waals surface area (Å²) in [6, 6.07) is 0. The fourth-order valence-electron chi connectivity index (χ4n) is 0. The first-order chi connectivity index (χ1) is 1.41. The molecule has 0 amide bonds. The summed E-state index contributed by atoms with van der Waals surface area (Å²) in [7, 11) is 0. The second kappa shape index (κ2) is 9.19. The van der Waals surface area contributed by atoms with Gasteiger partial charge in [0.05, 0.1) is 0 Å². The monoisotopic (exact) mass is 128 g/mol. The average Bonchev–Trinajstić information content (AvgIpc) is 0.918. The molecule has 2 heteroatoms. The molecule has 16 valence electrons. The number of hydrogen-bond donors (Lipinski definition) is 0. The van der Waals surface area contributed by atoms with Crippen LogP contribution in [-0.2, 0) is 0 Å². The molecule has 0 aromatic heterocycles. The molecule has 0 aliphatic rings. The maximum absolute atomic E-state index is 4.51. The molecule has 0 atom stereocenters. The molecule has 0 aliphatic carbocycles. The van der Waals surface area contributed by atoms with E-state index < -0.39 is 0 Å². The molecule has 0 bridgehead atoms. The molecule has 0 unspecified atom stereocenters. The van der Waals surface area contributed by atoms with E-state index in [0.717, 1.165) is 0 Å². The summed E-state index contributed by atoms with van der Waals surface area (Å²) in [5.41, 5.74) is 0. The van der Waals surface area contributed by atoms with Gasteiger partial charge in [-0.3, -0.25) is 0 Å². The number of hydrogen-bond acceptors (Lipinski definition) is 0. The van der Waals surface area contributed by atoms with Gasteiger partial charge in [0.1, 0.15) is 0 Å². The Labute approximate surface area is 50.2 Å².